The highest BCUT2D eigenvalue weighted by atomic mass is 16.1. The maximum Gasteiger partial charge on any atom is 0.230 e. The van der Waals surface area contributed by atoms with Gasteiger partial charge in [-0.2, -0.15) is 0 Å². The molecule has 0 radical (unpaired) electrons. The van der Waals surface area contributed by atoms with Gasteiger partial charge in [-0.15, -0.1) is 0 Å². The van der Waals surface area contributed by atoms with Crippen LogP contribution in [0.15, 0.2) is 48.7 Å². The summed E-state index contributed by atoms with van der Waals surface area (Å²) < 4.78 is 0. The molecule has 100 valence electrons. The van der Waals surface area contributed by atoms with Crippen LogP contribution in [0, 0.1) is 6.92 Å². The van der Waals surface area contributed by atoms with Gasteiger partial charge in [0, 0.05) is 22.8 Å². The predicted molar refractivity (Wildman–Crippen MR) is 79.6 cm³/mol. The van der Waals surface area contributed by atoms with Gasteiger partial charge in [0.05, 0.1) is 6.42 Å². The summed E-state index contributed by atoms with van der Waals surface area (Å²) in [6.45, 7) is 1.90. The van der Waals surface area contributed by atoms with Crippen LogP contribution in [-0.2, 0) is 11.2 Å². The molecular weight excluding hydrogens is 250 g/mol. The maximum absolute atomic E-state index is 12.1. The van der Waals surface area contributed by atoms with E-state index in [0.29, 0.717) is 12.2 Å². The molecule has 0 unspecified atom stereocenters. The fourth-order valence-corrected chi connectivity index (χ4v) is 2.25. The van der Waals surface area contributed by atoms with E-state index >= 15 is 0 Å². The first-order valence-electron chi connectivity index (χ1n) is 6.51. The zero-order chi connectivity index (χ0) is 13.9. The van der Waals surface area contributed by atoms with E-state index in [1.165, 1.54) is 0 Å². The van der Waals surface area contributed by atoms with Gasteiger partial charge in [0.25, 0.3) is 0 Å². The SMILES string of the molecule is Cc1cccc(NC(=O)Cc2c[nH]c3ccccc23)n1. The molecule has 2 heterocycles. The molecule has 0 spiro atoms. The average Bonchev–Trinajstić information content (AvgIpc) is 2.82. The van der Waals surface area contributed by atoms with Crippen LogP contribution in [0.4, 0.5) is 5.82 Å². The smallest absolute Gasteiger partial charge is 0.230 e. The van der Waals surface area contributed by atoms with E-state index < -0.39 is 0 Å². The third-order valence-electron chi connectivity index (χ3n) is 3.18. The van der Waals surface area contributed by atoms with Crippen LogP contribution in [0.3, 0.4) is 0 Å². The van der Waals surface area contributed by atoms with Gasteiger partial charge in [-0.05, 0) is 30.7 Å². The minimum absolute atomic E-state index is 0.0622. The van der Waals surface area contributed by atoms with Gasteiger partial charge in [0.15, 0.2) is 0 Å². The van der Waals surface area contributed by atoms with E-state index in [4.69, 9.17) is 0 Å². The molecule has 0 aliphatic carbocycles. The molecule has 20 heavy (non-hydrogen) atoms. The zero-order valence-corrected chi connectivity index (χ0v) is 11.2. The molecule has 0 aliphatic heterocycles. The molecule has 0 aliphatic rings. The first kappa shape index (κ1) is 12.4. The van der Waals surface area contributed by atoms with Gasteiger partial charge in [-0.3, -0.25) is 4.79 Å². The normalized spacial score (nSPS) is 10.7. The number of nitrogens with one attached hydrogen (secondary N) is 2. The van der Waals surface area contributed by atoms with Crippen molar-refractivity contribution in [1.82, 2.24) is 9.97 Å². The molecule has 2 N–H and O–H groups in total. The van der Waals surface area contributed by atoms with Crippen molar-refractivity contribution in [2.75, 3.05) is 5.32 Å². The summed E-state index contributed by atoms with van der Waals surface area (Å²) in [5, 5.41) is 3.90. The van der Waals surface area contributed by atoms with Crippen LogP contribution in [-0.4, -0.2) is 15.9 Å². The number of carbonyl (C=O) groups is 1. The van der Waals surface area contributed by atoms with E-state index in [0.717, 1.165) is 22.2 Å². The summed E-state index contributed by atoms with van der Waals surface area (Å²) in [5.41, 5.74) is 2.92. The van der Waals surface area contributed by atoms with Gasteiger partial charge in [0.1, 0.15) is 5.82 Å². The highest BCUT2D eigenvalue weighted by Gasteiger charge is 2.09. The number of hydrogen-bond donors (Lipinski definition) is 2. The Morgan fingerprint density at radius 1 is 1.20 bits per heavy atom. The molecule has 0 atom stereocenters. The molecule has 3 rings (SSSR count). The summed E-state index contributed by atoms with van der Waals surface area (Å²) in [5.74, 6) is 0.530. The Kier molecular flexibility index (Phi) is 3.21. The number of H-pyrrole nitrogens is 1. The predicted octanol–water partition coefficient (Wildman–Crippen LogP) is 3.05. The summed E-state index contributed by atoms with van der Waals surface area (Å²) in [7, 11) is 0. The Morgan fingerprint density at radius 3 is 2.90 bits per heavy atom. The van der Waals surface area contributed by atoms with Gasteiger partial charge in [0.2, 0.25) is 5.91 Å². The van der Waals surface area contributed by atoms with E-state index in [1.54, 1.807) is 6.07 Å². The largest absolute Gasteiger partial charge is 0.361 e. The molecule has 3 aromatic rings. The standard InChI is InChI=1S/C16H15N3O/c1-11-5-4-8-15(18-11)19-16(20)9-12-10-17-14-7-3-2-6-13(12)14/h2-8,10,17H,9H2,1H3,(H,18,19,20). The minimum Gasteiger partial charge on any atom is -0.361 e. The van der Waals surface area contributed by atoms with Crippen LogP contribution < -0.4 is 5.32 Å². The number of benzene rings is 1. The summed E-state index contributed by atoms with van der Waals surface area (Å²) in [6.07, 6.45) is 2.22. The molecular formula is C16H15N3O. The lowest BCUT2D eigenvalue weighted by Gasteiger charge is -2.04. The van der Waals surface area contributed by atoms with Gasteiger partial charge in [-0.1, -0.05) is 24.3 Å². The Morgan fingerprint density at radius 2 is 2.05 bits per heavy atom. The monoisotopic (exact) mass is 265 g/mol. The third kappa shape index (κ3) is 2.54. The number of nitrogens with zero attached hydrogens (tertiary/aromatic N) is 1. The number of rotatable bonds is 3. The number of aromatic nitrogens is 2. The topological polar surface area (TPSA) is 57.8 Å². The van der Waals surface area contributed by atoms with E-state index in [-0.39, 0.29) is 5.91 Å². The Labute approximate surface area is 116 Å². The van der Waals surface area contributed by atoms with Gasteiger partial charge in [-0.25, -0.2) is 4.98 Å². The molecule has 0 fully saturated rings. The lowest BCUT2D eigenvalue weighted by Crippen LogP contribution is -2.15. The summed E-state index contributed by atoms with van der Waals surface area (Å²) in [6, 6.07) is 13.5. The highest BCUT2D eigenvalue weighted by molar-refractivity contribution is 5.95. The Hall–Kier alpha value is -2.62. The number of pyridine rings is 1. The lowest BCUT2D eigenvalue weighted by molar-refractivity contribution is -0.115. The Bertz CT molecular complexity index is 761. The van der Waals surface area contributed by atoms with E-state index in [2.05, 4.69) is 15.3 Å². The van der Waals surface area contributed by atoms with Crippen molar-refractivity contribution < 1.29 is 4.79 Å². The van der Waals surface area contributed by atoms with Crippen molar-refractivity contribution in [3.05, 3.63) is 59.9 Å². The number of amides is 1. The van der Waals surface area contributed by atoms with Crippen molar-refractivity contribution in [1.29, 1.82) is 0 Å². The summed E-state index contributed by atoms with van der Waals surface area (Å²) in [4.78, 5) is 19.5. The fourth-order valence-electron chi connectivity index (χ4n) is 2.25. The van der Waals surface area contributed by atoms with E-state index in [9.17, 15) is 4.79 Å². The zero-order valence-electron chi connectivity index (χ0n) is 11.2. The molecule has 0 saturated heterocycles. The lowest BCUT2D eigenvalue weighted by atomic mass is 10.1. The molecule has 1 amide bonds. The second-order valence-electron chi connectivity index (χ2n) is 4.75. The molecule has 0 bridgehead atoms. The molecule has 1 aromatic carbocycles. The molecule has 2 aromatic heterocycles. The maximum atomic E-state index is 12.1. The molecule has 4 nitrogen and oxygen atoms in total. The van der Waals surface area contributed by atoms with Crippen molar-refractivity contribution in [2.45, 2.75) is 13.3 Å². The van der Waals surface area contributed by atoms with Gasteiger partial charge >= 0.3 is 0 Å². The van der Waals surface area contributed by atoms with Gasteiger partial charge < -0.3 is 10.3 Å². The van der Waals surface area contributed by atoms with Crippen molar-refractivity contribution in [2.24, 2.45) is 0 Å². The molecule has 0 saturated carbocycles. The van der Waals surface area contributed by atoms with Crippen LogP contribution in [0.2, 0.25) is 0 Å². The van der Waals surface area contributed by atoms with Crippen LogP contribution in [0.1, 0.15) is 11.3 Å². The quantitative estimate of drug-likeness (QED) is 0.764. The highest BCUT2D eigenvalue weighted by Crippen LogP contribution is 2.18. The average molecular weight is 265 g/mol. The van der Waals surface area contributed by atoms with Crippen LogP contribution >= 0.6 is 0 Å². The number of carbonyl (C=O) groups excluding carboxylic acids is 1. The number of anilines is 1. The van der Waals surface area contributed by atoms with Crippen LogP contribution in [0.5, 0.6) is 0 Å². The number of para-hydroxylation sites is 1. The summed E-state index contributed by atoms with van der Waals surface area (Å²) >= 11 is 0. The van der Waals surface area contributed by atoms with E-state index in [1.807, 2.05) is 49.5 Å². The second-order valence-corrected chi connectivity index (χ2v) is 4.75. The molecule has 4 heteroatoms. The van der Waals surface area contributed by atoms with Crippen LogP contribution in [0.25, 0.3) is 10.9 Å². The van der Waals surface area contributed by atoms with Crippen molar-refractivity contribution in [3.63, 3.8) is 0 Å². The number of aryl methyl sites for hydroxylation is 1. The third-order valence-corrected chi connectivity index (χ3v) is 3.18. The number of aromatic amines is 1. The Balaban J connectivity index is 1.76. The fraction of sp³-hybridized carbons (Fsp3) is 0.125. The second kappa shape index (κ2) is 5.17. The minimum atomic E-state index is -0.0622. The number of fused-ring (bicyclic) bond motifs is 1. The first-order valence-corrected chi connectivity index (χ1v) is 6.51. The first-order chi connectivity index (χ1) is 9.72. The number of hydrogen-bond acceptors (Lipinski definition) is 2. The van der Waals surface area contributed by atoms with Crippen molar-refractivity contribution >= 4 is 22.6 Å². The van der Waals surface area contributed by atoms with Crippen molar-refractivity contribution in [3.8, 4) is 0 Å².